The lowest BCUT2D eigenvalue weighted by molar-refractivity contribution is -0.117. The van der Waals surface area contributed by atoms with E-state index < -0.39 is 11.8 Å². The van der Waals surface area contributed by atoms with Crippen LogP contribution in [0.3, 0.4) is 0 Å². The molecule has 2 N–H and O–H groups in total. The molecule has 4 rings (SSSR count). The van der Waals surface area contributed by atoms with Crippen molar-refractivity contribution in [2.24, 2.45) is 0 Å². The Bertz CT molecular complexity index is 1340. The van der Waals surface area contributed by atoms with Crippen LogP contribution in [-0.2, 0) is 16.1 Å². The Balaban J connectivity index is 1.52. The van der Waals surface area contributed by atoms with Crippen LogP contribution >= 0.6 is 24.0 Å². The summed E-state index contributed by atoms with van der Waals surface area (Å²) >= 11 is 6.87. The van der Waals surface area contributed by atoms with Crippen molar-refractivity contribution >= 4 is 46.2 Å². The van der Waals surface area contributed by atoms with E-state index in [4.69, 9.17) is 30.8 Å². The van der Waals surface area contributed by atoms with Gasteiger partial charge < -0.3 is 34.2 Å². The number of thiocarbonyl (C=S) groups is 1. The Morgan fingerprint density at radius 2 is 1.79 bits per heavy atom. The lowest BCUT2D eigenvalue weighted by Gasteiger charge is -2.28. The molecule has 0 unspecified atom stereocenters. The lowest BCUT2D eigenvalue weighted by atomic mass is 10.1. The van der Waals surface area contributed by atoms with Crippen LogP contribution in [-0.4, -0.2) is 61.6 Å². The largest absolute Gasteiger partial charge is 0.493 e. The van der Waals surface area contributed by atoms with Crippen LogP contribution in [0.5, 0.6) is 11.5 Å². The van der Waals surface area contributed by atoms with E-state index in [2.05, 4.69) is 15.5 Å². The Labute approximate surface area is 236 Å². The number of nitrogens with zero attached hydrogens (tertiary/aromatic N) is 1. The number of morpholine rings is 1. The predicted molar refractivity (Wildman–Crippen MR) is 153 cm³/mol. The van der Waals surface area contributed by atoms with E-state index in [1.54, 1.807) is 55.6 Å². The van der Waals surface area contributed by atoms with Gasteiger partial charge in [-0.05, 0) is 42.1 Å². The molecule has 2 heterocycles. The van der Waals surface area contributed by atoms with Crippen LogP contribution in [0.25, 0.3) is 6.08 Å². The van der Waals surface area contributed by atoms with Crippen molar-refractivity contribution in [1.82, 2.24) is 15.5 Å². The number of hydrogen-bond donors (Lipinski definition) is 2. The van der Waals surface area contributed by atoms with Crippen molar-refractivity contribution < 1.29 is 28.2 Å². The van der Waals surface area contributed by atoms with Gasteiger partial charge in [0.05, 0.1) is 27.4 Å². The Hall–Kier alpha value is -3.80. The van der Waals surface area contributed by atoms with E-state index in [1.165, 1.54) is 24.9 Å². The predicted octanol–water partition coefficient (Wildman–Crippen LogP) is 4.09. The van der Waals surface area contributed by atoms with Crippen molar-refractivity contribution in [3.63, 3.8) is 0 Å². The van der Waals surface area contributed by atoms with Crippen LogP contribution in [0.2, 0.25) is 0 Å². The molecule has 1 aromatic heterocycles. The fourth-order valence-electron chi connectivity index (χ4n) is 3.81. The average molecular weight is 568 g/mol. The number of amides is 2. The fraction of sp³-hybridized carbons (Fsp3) is 0.250. The third-order valence-corrected chi connectivity index (χ3v) is 7.16. The number of ether oxygens (including phenoxy) is 3. The maximum Gasteiger partial charge on any atom is 0.268 e. The minimum absolute atomic E-state index is 0.0207. The van der Waals surface area contributed by atoms with Crippen LogP contribution in [0, 0.1) is 0 Å². The van der Waals surface area contributed by atoms with E-state index in [0.29, 0.717) is 51.0 Å². The van der Waals surface area contributed by atoms with Crippen molar-refractivity contribution in [3.05, 3.63) is 83.2 Å². The molecule has 0 aliphatic carbocycles. The minimum Gasteiger partial charge on any atom is -0.493 e. The first-order chi connectivity index (χ1) is 19.0. The summed E-state index contributed by atoms with van der Waals surface area (Å²) in [5.41, 5.74) is 1.15. The zero-order valence-corrected chi connectivity index (χ0v) is 23.2. The van der Waals surface area contributed by atoms with Crippen LogP contribution < -0.4 is 20.1 Å². The molecule has 2 aromatic carbocycles. The highest BCUT2D eigenvalue weighted by molar-refractivity contribution is 8.22. The summed E-state index contributed by atoms with van der Waals surface area (Å²) in [6.45, 7) is 2.87. The quantitative estimate of drug-likeness (QED) is 0.225. The minimum atomic E-state index is -0.501. The van der Waals surface area contributed by atoms with Gasteiger partial charge in [0.2, 0.25) is 0 Å². The van der Waals surface area contributed by atoms with Gasteiger partial charge in [-0.15, -0.1) is 0 Å². The number of carbonyl (C=O) groups excluding carboxylic acids is 2. The van der Waals surface area contributed by atoms with Crippen molar-refractivity contribution in [2.75, 3.05) is 40.5 Å². The number of furan rings is 1. The molecule has 1 fully saturated rings. The number of para-hydroxylation sites is 1. The van der Waals surface area contributed by atoms with E-state index in [1.807, 2.05) is 12.1 Å². The highest BCUT2D eigenvalue weighted by atomic mass is 32.2. The summed E-state index contributed by atoms with van der Waals surface area (Å²) in [5, 5.41) is 6.13. The fourth-order valence-corrected chi connectivity index (χ4v) is 5.00. The maximum atomic E-state index is 13.3. The molecular weight excluding hydrogens is 538 g/mol. The third-order valence-electron chi connectivity index (χ3n) is 5.80. The molecule has 204 valence electrons. The van der Waals surface area contributed by atoms with Crippen molar-refractivity contribution in [2.45, 2.75) is 11.6 Å². The first kappa shape index (κ1) is 28.2. The summed E-state index contributed by atoms with van der Waals surface area (Å²) in [6, 6.07) is 17.5. The molecular formula is C28H29N3O6S2. The molecule has 0 radical (unpaired) electrons. The topological polar surface area (TPSA) is 102 Å². The Kier molecular flexibility index (Phi) is 10.0. The molecule has 0 saturated carbocycles. The summed E-state index contributed by atoms with van der Waals surface area (Å²) in [4.78, 5) is 28.2. The van der Waals surface area contributed by atoms with E-state index in [-0.39, 0.29) is 12.2 Å². The summed E-state index contributed by atoms with van der Waals surface area (Å²) < 4.78 is 22.8. The van der Waals surface area contributed by atoms with Crippen LogP contribution in [0.1, 0.15) is 21.7 Å². The molecule has 9 nitrogen and oxygen atoms in total. The Morgan fingerprint density at radius 1 is 1.03 bits per heavy atom. The maximum absolute atomic E-state index is 13.3. The molecule has 1 aliphatic heterocycles. The lowest BCUT2D eigenvalue weighted by Crippen LogP contribution is -2.38. The van der Waals surface area contributed by atoms with Gasteiger partial charge in [0.1, 0.15) is 15.8 Å². The molecule has 39 heavy (non-hydrogen) atoms. The Morgan fingerprint density at radius 3 is 2.51 bits per heavy atom. The molecule has 0 spiro atoms. The molecule has 0 bridgehead atoms. The highest BCUT2D eigenvalue weighted by Gasteiger charge is 2.19. The van der Waals surface area contributed by atoms with Gasteiger partial charge in [0.25, 0.3) is 11.8 Å². The van der Waals surface area contributed by atoms with Crippen molar-refractivity contribution in [1.29, 1.82) is 0 Å². The van der Waals surface area contributed by atoms with Gasteiger partial charge in [-0.3, -0.25) is 9.59 Å². The number of thioether (sulfide) groups is 1. The molecule has 1 aliphatic rings. The van der Waals surface area contributed by atoms with Gasteiger partial charge in [0, 0.05) is 36.8 Å². The summed E-state index contributed by atoms with van der Waals surface area (Å²) in [7, 11) is 3.08. The molecule has 11 heteroatoms. The SMILES string of the molecule is COc1cccc(CNC(=O)C(=Cc2ccc(SC(=S)N3CCOCC3)o2)NC(=O)c2ccccc2)c1OC. The summed E-state index contributed by atoms with van der Waals surface area (Å²) in [6.07, 6.45) is 1.49. The number of nitrogens with one attached hydrogen (secondary N) is 2. The highest BCUT2D eigenvalue weighted by Crippen LogP contribution is 2.30. The standard InChI is InChI=1S/C28H29N3O6S2/c1-34-23-10-6-9-20(25(23)35-2)18-29-27(33)22(30-26(32)19-7-4-3-5-8-19)17-21-11-12-24(37-21)39-28(38)31-13-15-36-16-14-31/h3-12,17H,13-16,18H2,1-2H3,(H,29,33)(H,30,32). The van der Waals surface area contributed by atoms with Crippen LogP contribution in [0.4, 0.5) is 0 Å². The number of methoxy groups -OCH3 is 2. The second-order valence-corrected chi connectivity index (χ2v) is 9.98. The molecule has 2 amide bonds. The zero-order chi connectivity index (χ0) is 27.6. The summed E-state index contributed by atoms with van der Waals surface area (Å²) in [5.74, 6) is 0.528. The number of rotatable bonds is 9. The molecule has 0 atom stereocenters. The van der Waals surface area contributed by atoms with E-state index in [0.717, 1.165) is 13.1 Å². The second-order valence-electron chi connectivity index (χ2n) is 8.34. The zero-order valence-electron chi connectivity index (χ0n) is 21.6. The van der Waals surface area contributed by atoms with Gasteiger partial charge in [0.15, 0.2) is 16.6 Å². The number of benzene rings is 2. The first-order valence-corrected chi connectivity index (χ1v) is 13.4. The number of carbonyl (C=O) groups is 2. The average Bonchev–Trinajstić information content (AvgIpc) is 3.42. The van der Waals surface area contributed by atoms with Gasteiger partial charge in [-0.25, -0.2) is 0 Å². The van der Waals surface area contributed by atoms with E-state index in [9.17, 15) is 9.59 Å². The third kappa shape index (κ3) is 7.62. The van der Waals surface area contributed by atoms with E-state index >= 15 is 0 Å². The molecule has 3 aromatic rings. The smallest absolute Gasteiger partial charge is 0.268 e. The van der Waals surface area contributed by atoms with Gasteiger partial charge >= 0.3 is 0 Å². The van der Waals surface area contributed by atoms with Gasteiger partial charge in [-0.2, -0.15) is 0 Å². The molecule has 1 saturated heterocycles. The monoisotopic (exact) mass is 567 g/mol. The van der Waals surface area contributed by atoms with Gasteiger partial charge in [-0.1, -0.05) is 42.5 Å². The second kappa shape index (κ2) is 13.8. The normalized spacial score (nSPS) is 13.5. The first-order valence-electron chi connectivity index (χ1n) is 12.2. The van der Waals surface area contributed by atoms with Crippen molar-refractivity contribution in [3.8, 4) is 11.5 Å². The van der Waals surface area contributed by atoms with Crippen LogP contribution in [0.15, 0.2) is 75.9 Å². The number of hydrogen-bond acceptors (Lipinski definition) is 8.